The van der Waals surface area contributed by atoms with E-state index >= 15 is 0 Å². The number of benzene rings is 1. The number of hydrogen-bond donors (Lipinski definition) is 1. The molecular formula is C9H7F3INO. The number of hydrogen-bond acceptors (Lipinski definition) is 1. The zero-order chi connectivity index (χ0) is 11.6. The van der Waals surface area contributed by atoms with Crippen LogP contribution in [0, 0.1) is 3.57 Å². The van der Waals surface area contributed by atoms with Crippen molar-refractivity contribution in [2.45, 2.75) is 6.18 Å². The van der Waals surface area contributed by atoms with Gasteiger partial charge in [-0.15, -0.1) is 0 Å². The summed E-state index contributed by atoms with van der Waals surface area (Å²) in [5, 5.41) is 2.34. The van der Waals surface area contributed by atoms with Gasteiger partial charge in [-0.1, -0.05) is 0 Å². The first-order valence-electron chi connectivity index (χ1n) is 3.95. The van der Waals surface area contributed by atoms with Gasteiger partial charge in [0, 0.05) is 16.2 Å². The molecule has 0 saturated heterocycles. The third-order valence-corrected chi connectivity index (χ3v) is 2.66. The Bertz CT molecular complexity index is 389. The van der Waals surface area contributed by atoms with E-state index in [2.05, 4.69) is 5.32 Å². The van der Waals surface area contributed by atoms with E-state index in [0.29, 0.717) is 0 Å². The molecule has 1 N–H and O–H groups in total. The standard InChI is InChI=1S/C9H7F3INO/c1-14-8(15)5-2-3-6(7(13)4-5)9(10,11)12/h2-4H,1H3,(H,14,15). The van der Waals surface area contributed by atoms with Gasteiger partial charge in [-0.2, -0.15) is 13.2 Å². The van der Waals surface area contributed by atoms with Crippen molar-refractivity contribution in [2.75, 3.05) is 7.05 Å². The Morgan fingerprint density at radius 1 is 1.40 bits per heavy atom. The number of nitrogens with one attached hydrogen (secondary N) is 1. The Kier molecular flexibility index (Phi) is 3.58. The van der Waals surface area contributed by atoms with Crippen LogP contribution in [0.25, 0.3) is 0 Å². The lowest BCUT2D eigenvalue weighted by Crippen LogP contribution is -2.18. The van der Waals surface area contributed by atoms with Crippen LogP contribution in [0.15, 0.2) is 18.2 Å². The smallest absolute Gasteiger partial charge is 0.355 e. The molecular weight excluding hydrogens is 322 g/mol. The molecule has 0 unspecified atom stereocenters. The van der Waals surface area contributed by atoms with Crippen LogP contribution in [0.4, 0.5) is 13.2 Å². The molecule has 15 heavy (non-hydrogen) atoms. The molecule has 0 fully saturated rings. The van der Waals surface area contributed by atoms with Crippen LogP contribution in [0.5, 0.6) is 0 Å². The second-order valence-electron chi connectivity index (χ2n) is 2.77. The molecule has 1 amide bonds. The maximum Gasteiger partial charge on any atom is 0.417 e. The maximum absolute atomic E-state index is 12.4. The largest absolute Gasteiger partial charge is 0.417 e. The van der Waals surface area contributed by atoms with Gasteiger partial charge in [0.15, 0.2) is 0 Å². The maximum atomic E-state index is 12.4. The van der Waals surface area contributed by atoms with Crippen LogP contribution in [-0.4, -0.2) is 13.0 Å². The molecule has 0 saturated carbocycles. The lowest BCUT2D eigenvalue weighted by Gasteiger charge is -2.09. The number of alkyl halides is 3. The fraction of sp³-hybridized carbons (Fsp3) is 0.222. The lowest BCUT2D eigenvalue weighted by atomic mass is 10.1. The van der Waals surface area contributed by atoms with Crippen LogP contribution in [0.3, 0.4) is 0 Å². The van der Waals surface area contributed by atoms with Crippen molar-refractivity contribution in [1.29, 1.82) is 0 Å². The van der Waals surface area contributed by atoms with Crippen LogP contribution in [0.1, 0.15) is 15.9 Å². The van der Waals surface area contributed by atoms with E-state index in [9.17, 15) is 18.0 Å². The summed E-state index contributed by atoms with van der Waals surface area (Å²) in [6.07, 6.45) is -4.38. The molecule has 0 spiro atoms. The fourth-order valence-electron chi connectivity index (χ4n) is 1.03. The number of rotatable bonds is 1. The summed E-state index contributed by atoms with van der Waals surface area (Å²) in [5.74, 6) is -0.401. The SMILES string of the molecule is CNC(=O)c1ccc(C(F)(F)F)c(I)c1. The second-order valence-corrected chi connectivity index (χ2v) is 3.93. The highest BCUT2D eigenvalue weighted by Crippen LogP contribution is 2.33. The Labute approximate surface area is 98.0 Å². The number of amides is 1. The summed E-state index contributed by atoms with van der Waals surface area (Å²) < 4.78 is 37.1. The zero-order valence-electron chi connectivity index (χ0n) is 7.65. The van der Waals surface area contributed by atoms with E-state index in [1.54, 1.807) is 22.6 Å². The van der Waals surface area contributed by atoms with E-state index in [-0.39, 0.29) is 9.13 Å². The van der Waals surface area contributed by atoms with Crippen molar-refractivity contribution in [1.82, 2.24) is 5.32 Å². The van der Waals surface area contributed by atoms with E-state index in [1.807, 2.05) is 0 Å². The molecule has 0 aliphatic carbocycles. The van der Waals surface area contributed by atoms with Gasteiger partial charge in [0.05, 0.1) is 5.56 Å². The summed E-state index contributed by atoms with van der Waals surface area (Å²) in [7, 11) is 1.42. The summed E-state index contributed by atoms with van der Waals surface area (Å²) in [6, 6.07) is 3.28. The zero-order valence-corrected chi connectivity index (χ0v) is 9.81. The van der Waals surface area contributed by atoms with Gasteiger partial charge in [-0.25, -0.2) is 0 Å². The van der Waals surface area contributed by atoms with E-state index in [1.165, 1.54) is 13.1 Å². The Balaban J connectivity index is 3.15. The first kappa shape index (κ1) is 12.3. The van der Waals surface area contributed by atoms with Crippen LogP contribution < -0.4 is 5.32 Å². The van der Waals surface area contributed by atoms with Gasteiger partial charge in [0.1, 0.15) is 0 Å². The Hall–Kier alpha value is -0.790. The number of halogens is 4. The molecule has 0 aromatic heterocycles. The van der Waals surface area contributed by atoms with Crippen LogP contribution >= 0.6 is 22.6 Å². The third-order valence-electron chi connectivity index (χ3n) is 1.76. The highest BCUT2D eigenvalue weighted by atomic mass is 127. The van der Waals surface area contributed by atoms with E-state index in [4.69, 9.17) is 0 Å². The minimum absolute atomic E-state index is 0.0150. The molecule has 0 heterocycles. The summed E-state index contributed by atoms with van der Waals surface area (Å²) in [4.78, 5) is 11.1. The molecule has 0 aliphatic rings. The molecule has 6 heteroatoms. The van der Waals surface area contributed by atoms with E-state index < -0.39 is 17.6 Å². The average Bonchev–Trinajstić information content (AvgIpc) is 2.14. The summed E-state index contributed by atoms with van der Waals surface area (Å²) in [6.45, 7) is 0. The van der Waals surface area contributed by atoms with Crippen molar-refractivity contribution in [3.05, 3.63) is 32.9 Å². The summed E-state index contributed by atoms with van der Waals surface area (Å²) in [5.41, 5.74) is -0.509. The normalized spacial score (nSPS) is 11.3. The Morgan fingerprint density at radius 3 is 2.40 bits per heavy atom. The molecule has 1 aromatic rings. The van der Waals surface area contributed by atoms with Gasteiger partial charge in [-0.3, -0.25) is 4.79 Å². The highest BCUT2D eigenvalue weighted by Gasteiger charge is 2.32. The minimum Gasteiger partial charge on any atom is -0.355 e. The van der Waals surface area contributed by atoms with Crippen molar-refractivity contribution < 1.29 is 18.0 Å². The lowest BCUT2D eigenvalue weighted by molar-refractivity contribution is -0.138. The predicted molar refractivity (Wildman–Crippen MR) is 57.6 cm³/mol. The van der Waals surface area contributed by atoms with Crippen molar-refractivity contribution in [3.8, 4) is 0 Å². The number of carbonyl (C=O) groups is 1. The molecule has 0 radical (unpaired) electrons. The van der Waals surface area contributed by atoms with Crippen molar-refractivity contribution in [3.63, 3.8) is 0 Å². The monoisotopic (exact) mass is 329 g/mol. The van der Waals surface area contributed by atoms with Crippen molar-refractivity contribution in [2.24, 2.45) is 0 Å². The quantitative estimate of drug-likeness (QED) is 0.789. The summed E-state index contributed by atoms with van der Waals surface area (Å²) >= 11 is 1.56. The average molecular weight is 329 g/mol. The first-order valence-corrected chi connectivity index (χ1v) is 5.03. The first-order chi connectivity index (χ1) is 6.86. The molecule has 0 bridgehead atoms. The van der Waals surface area contributed by atoms with Gasteiger partial charge >= 0.3 is 6.18 Å². The molecule has 0 aliphatic heterocycles. The molecule has 1 rings (SSSR count). The van der Waals surface area contributed by atoms with Gasteiger partial charge < -0.3 is 5.32 Å². The third kappa shape index (κ3) is 2.83. The van der Waals surface area contributed by atoms with Gasteiger partial charge in [0.25, 0.3) is 5.91 Å². The molecule has 2 nitrogen and oxygen atoms in total. The minimum atomic E-state index is -4.38. The fourth-order valence-corrected chi connectivity index (χ4v) is 1.85. The van der Waals surface area contributed by atoms with Gasteiger partial charge in [0.2, 0.25) is 0 Å². The van der Waals surface area contributed by atoms with Crippen molar-refractivity contribution >= 4 is 28.5 Å². The van der Waals surface area contributed by atoms with Crippen LogP contribution in [0.2, 0.25) is 0 Å². The molecule has 1 aromatic carbocycles. The predicted octanol–water partition coefficient (Wildman–Crippen LogP) is 2.67. The Morgan fingerprint density at radius 2 is 2.00 bits per heavy atom. The molecule has 82 valence electrons. The van der Waals surface area contributed by atoms with Gasteiger partial charge in [-0.05, 0) is 40.8 Å². The topological polar surface area (TPSA) is 29.1 Å². The van der Waals surface area contributed by atoms with Crippen LogP contribution in [-0.2, 0) is 6.18 Å². The number of carbonyl (C=O) groups excluding carboxylic acids is 1. The molecule has 0 atom stereocenters. The second kappa shape index (κ2) is 4.38. The van der Waals surface area contributed by atoms with E-state index in [0.717, 1.165) is 12.1 Å². The highest BCUT2D eigenvalue weighted by molar-refractivity contribution is 14.1.